The molecule has 36 heavy (non-hydrogen) atoms. The summed E-state index contributed by atoms with van der Waals surface area (Å²) in [6.07, 6.45) is 1.77. The Bertz CT molecular complexity index is 1320. The zero-order valence-electron chi connectivity index (χ0n) is 19.3. The number of benzene rings is 3. The molecule has 9 heteroatoms. The molecule has 1 heterocycles. The highest BCUT2D eigenvalue weighted by atomic mass is 32.2. The molecule has 1 aliphatic rings. The van der Waals surface area contributed by atoms with Crippen molar-refractivity contribution in [3.8, 4) is 5.75 Å². The number of carbonyl (C=O) groups excluding carboxylic acids is 2. The van der Waals surface area contributed by atoms with E-state index in [1.54, 1.807) is 47.4 Å². The normalized spacial score (nSPS) is 15.4. The Hall–Kier alpha value is -4.37. The predicted octanol–water partition coefficient (Wildman–Crippen LogP) is 4.74. The Kier molecular flexibility index (Phi) is 7.82. The number of methoxy groups -OCH3 is 1. The maximum absolute atomic E-state index is 13.4. The van der Waals surface area contributed by atoms with Gasteiger partial charge in [-0.25, -0.2) is 14.6 Å². The SMILES string of the molecule is COC(=O)COc1ccc(/C=C2\SC(=Nc3ccccc3)N(Cc3ccc(C(=O)O)cc3)C2=O)cc1. The number of hydrogen-bond donors (Lipinski definition) is 1. The van der Waals surface area contributed by atoms with Crippen LogP contribution in [0.1, 0.15) is 21.5 Å². The van der Waals surface area contributed by atoms with Gasteiger partial charge < -0.3 is 14.6 Å². The first kappa shape index (κ1) is 24.7. The third-order valence-corrected chi connectivity index (χ3v) is 6.18. The van der Waals surface area contributed by atoms with Crippen LogP contribution in [-0.2, 0) is 20.9 Å². The zero-order valence-corrected chi connectivity index (χ0v) is 20.1. The number of nitrogens with zero attached hydrogens (tertiary/aromatic N) is 2. The van der Waals surface area contributed by atoms with Gasteiger partial charge in [0, 0.05) is 0 Å². The van der Waals surface area contributed by atoms with E-state index < -0.39 is 11.9 Å². The molecule has 0 unspecified atom stereocenters. The fraction of sp³-hybridized carbons (Fsp3) is 0.111. The van der Waals surface area contributed by atoms with Gasteiger partial charge in [-0.05, 0) is 65.4 Å². The number of hydrogen-bond acceptors (Lipinski definition) is 7. The van der Waals surface area contributed by atoms with Crippen LogP contribution in [0.2, 0.25) is 0 Å². The first-order valence-electron chi connectivity index (χ1n) is 10.9. The molecule has 1 aliphatic heterocycles. The number of ether oxygens (including phenoxy) is 2. The Morgan fingerprint density at radius 3 is 2.33 bits per heavy atom. The second-order valence-corrected chi connectivity index (χ2v) is 8.68. The molecular formula is C27H22N2O6S. The molecule has 0 radical (unpaired) electrons. The van der Waals surface area contributed by atoms with E-state index >= 15 is 0 Å². The molecule has 0 saturated carbocycles. The number of amidine groups is 1. The highest BCUT2D eigenvalue weighted by Crippen LogP contribution is 2.35. The number of aliphatic imine (C=N–C) groups is 1. The van der Waals surface area contributed by atoms with Gasteiger partial charge in [-0.3, -0.25) is 9.69 Å². The third kappa shape index (κ3) is 6.19. The van der Waals surface area contributed by atoms with Gasteiger partial charge in [-0.15, -0.1) is 0 Å². The lowest BCUT2D eigenvalue weighted by Gasteiger charge is -2.16. The summed E-state index contributed by atoms with van der Waals surface area (Å²) in [7, 11) is 1.29. The highest BCUT2D eigenvalue weighted by Gasteiger charge is 2.33. The van der Waals surface area contributed by atoms with Crippen molar-refractivity contribution in [1.29, 1.82) is 0 Å². The summed E-state index contributed by atoms with van der Waals surface area (Å²) in [6, 6.07) is 22.7. The van der Waals surface area contributed by atoms with Crippen molar-refractivity contribution >= 4 is 46.5 Å². The van der Waals surface area contributed by atoms with E-state index in [4.69, 9.17) is 9.84 Å². The summed E-state index contributed by atoms with van der Waals surface area (Å²) < 4.78 is 9.93. The third-order valence-electron chi connectivity index (χ3n) is 5.17. The van der Waals surface area contributed by atoms with Crippen molar-refractivity contribution in [2.45, 2.75) is 6.54 Å². The molecule has 3 aromatic carbocycles. The Morgan fingerprint density at radius 2 is 1.69 bits per heavy atom. The van der Waals surface area contributed by atoms with E-state index in [1.807, 2.05) is 30.3 Å². The second-order valence-electron chi connectivity index (χ2n) is 7.67. The number of thioether (sulfide) groups is 1. The number of amides is 1. The minimum absolute atomic E-state index is 0.179. The highest BCUT2D eigenvalue weighted by molar-refractivity contribution is 8.18. The Balaban J connectivity index is 1.57. The van der Waals surface area contributed by atoms with Crippen LogP contribution in [0.3, 0.4) is 0 Å². The average Bonchev–Trinajstić information content (AvgIpc) is 3.17. The van der Waals surface area contributed by atoms with Crippen molar-refractivity contribution in [2.75, 3.05) is 13.7 Å². The van der Waals surface area contributed by atoms with E-state index in [1.165, 1.54) is 31.0 Å². The monoisotopic (exact) mass is 502 g/mol. The molecule has 0 aromatic heterocycles. The first-order valence-corrected chi connectivity index (χ1v) is 11.7. The first-order chi connectivity index (χ1) is 17.4. The van der Waals surface area contributed by atoms with Gasteiger partial charge in [0.25, 0.3) is 5.91 Å². The number of para-hydroxylation sites is 1. The van der Waals surface area contributed by atoms with Gasteiger partial charge in [0.15, 0.2) is 11.8 Å². The summed E-state index contributed by atoms with van der Waals surface area (Å²) in [5.41, 5.74) is 2.46. The Labute approximate surface area is 211 Å². The second kappa shape index (κ2) is 11.4. The van der Waals surface area contributed by atoms with E-state index in [-0.39, 0.29) is 24.6 Å². The van der Waals surface area contributed by atoms with Crippen LogP contribution in [0.4, 0.5) is 5.69 Å². The maximum Gasteiger partial charge on any atom is 0.343 e. The topological polar surface area (TPSA) is 106 Å². The lowest BCUT2D eigenvalue weighted by Crippen LogP contribution is -2.28. The van der Waals surface area contributed by atoms with Crippen LogP contribution in [0.5, 0.6) is 5.75 Å². The zero-order chi connectivity index (χ0) is 25.5. The summed E-state index contributed by atoms with van der Waals surface area (Å²) in [6.45, 7) is 0.0576. The van der Waals surface area contributed by atoms with Gasteiger partial charge in [0.05, 0.1) is 29.8 Å². The summed E-state index contributed by atoms with van der Waals surface area (Å²) >= 11 is 1.27. The number of rotatable bonds is 8. The molecule has 1 amide bonds. The number of carboxylic acids is 1. The molecular weight excluding hydrogens is 480 g/mol. The standard InChI is InChI=1S/C27H22N2O6S/c1-34-24(30)17-35-22-13-9-18(10-14-22)15-23-25(31)29(16-19-7-11-20(12-8-19)26(32)33)27(36-23)28-21-5-3-2-4-6-21/h2-15H,16-17H2,1H3,(H,32,33)/b23-15-,28-27?. The van der Waals surface area contributed by atoms with Crippen LogP contribution in [-0.4, -0.2) is 46.7 Å². The van der Waals surface area contributed by atoms with Crippen LogP contribution in [0, 0.1) is 0 Å². The quantitative estimate of drug-likeness (QED) is 0.350. The number of carboxylic acid groups (broad SMARTS) is 1. The number of esters is 1. The molecule has 1 saturated heterocycles. The maximum atomic E-state index is 13.4. The van der Waals surface area contributed by atoms with Crippen LogP contribution >= 0.6 is 11.8 Å². The lowest BCUT2D eigenvalue weighted by molar-refractivity contribution is -0.142. The number of aromatic carboxylic acids is 1. The fourth-order valence-electron chi connectivity index (χ4n) is 3.29. The minimum Gasteiger partial charge on any atom is -0.482 e. The van der Waals surface area contributed by atoms with Crippen molar-refractivity contribution in [3.05, 3.63) is 100 Å². The van der Waals surface area contributed by atoms with Crippen molar-refractivity contribution in [1.82, 2.24) is 4.90 Å². The van der Waals surface area contributed by atoms with E-state index in [9.17, 15) is 14.4 Å². The van der Waals surface area contributed by atoms with Gasteiger partial charge in [-0.2, -0.15) is 0 Å². The van der Waals surface area contributed by atoms with E-state index in [0.717, 1.165) is 11.1 Å². The van der Waals surface area contributed by atoms with Crippen LogP contribution in [0.15, 0.2) is 88.8 Å². The van der Waals surface area contributed by atoms with Gasteiger partial charge in [-0.1, -0.05) is 42.5 Å². The molecule has 0 spiro atoms. The van der Waals surface area contributed by atoms with Crippen molar-refractivity contribution in [3.63, 3.8) is 0 Å². The minimum atomic E-state index is -1.01. The van der Waals surface area contributed by atoms with Gasteiger partial charge in [0.1, 0.15) is 5.75 Å². The average molecular weight is 503 g/mol. The molecule has 182 valence electrons. The predicted molar refractivity (Wildman–Crippen MR) is 137 cm³/mol. The largest absolute Gasteiger partial charge is 0.482 e. The molecule has 1 N–H and O–H groups in total. The van der Waals surface area contributed by atoms with E-state index in [0.29, 0.717) is 21.5 Å². The lowest BCUT2D eigenvalue weighted by atomic mass is 10.1. The summed E-state index contributed by atoms with van der Waals surface area (Å²) in [5.74, 6) is -1.18. The molecule has 1 fully saturated rings. The number of carbonyl (C=O) groups is 3. The molecule has 8 nitrogen and oxygen atoms in total. The molecule has 0 atom stereocenters. The van der Waals surface area contributed by atoms with E-state index in [2.05, 4.69) is 9.73 Å². The summed E-state index contributed by atoms with van der Waals surface area (Å²) in [5, 5.41) is 9.67. The van der Waals surface area contributed by atoms with Crippen LogP contribution < -0.4 is 4.74 Å². The smallest absolute Gasteiger partial charge is 0.343 e. The fourth-order valence-corrected chi connectivity index (χ4v) is 4.29. The molecule has 0 aliphatic carbocycles. The molecule has 4 rings (SSSR count). The van der Waals surface area contributed by atoms with Gasteiger partial charge >= 0.3 is 11.9 Å². The summed E-state index contributed by atoms with van der Waals surface area (Å²) in [4.78, 5) is 42.5. The van der Waals surface area contributed by atoms with Gasteiger partial charge in [0.2, 0.25) is 0 Å². The van der Waals surface area contributed by atoms with Crippen molar-refractivity contribution < 1.29 is 29.0 Å². The van der Waals surface area contributed by atoms with Crippen LogP contribution in [0.25, 0.3) is 6.08 Å². The molecule has 3 aromatic rings. The Morgan fingerprint density at radius 1 is 1.00 bits per heavy atom. The van der Waals surface area contributed by atoms with Crippen molar-refractivity contribution in [2.24, 2.45) is 4.99 Å². The molecule has 0 bridgehead atoms.